The number of carbonyl (C=O) groups excluding carboxylic acids is 2. The van der Waals surface area contributed by atoms with Gasteiger partial charge >= 0.3 is 18.2 Å². The van der Waals surface area contributed by atoms with Gasteiger partial charge in [0.2, 0.25) is 0 Å². The molecule has 2 aromatic heterocycles. The number of aromatic nitrogens is 4. The number of hydrazine groups is 1. The molecule has 2 unspecified atom stereocenters. The summed E-state index contributed by atoms with van der Waals surface area (Å²) in [5, 5.41) is 8.49. The number of nitrogens with zero attached hydrogens (tertiary/aromatic N) is 10. The predicted molar refractivity (Wildman–Crippen MR) is 254 cm³/mol. The van der Waals surface area contributed by atoms with Crippen LogP contribution in [0.4, 0.5) is 45.8 Å². The Morgan fingerprint density at radius 1 is 0.750 bits per heavy atom. The molecule has 9 rings (SSSR count). The number of benzene rings is 2. The average molecular weight is 941 g/mol. The number of ether oxygens (including phenoxy) is 2. The van der Waals surface area contributed by atoms with E-state index >= 15 is 0 Å². The van der Waals surface area contributed by atoms with Crippen LogP contribution in [0.15, 0.2) is 48.5 Å². The van der Waals surface area contributed by atoms with Crippen LogP contribution in [0, 0.1) is 5.92 Å². The Labute approximate surface area is 396 Å². The summed E-state index contributed by atoms with van der Waals surface area (Å²) in [5.41, 5.74) is 6.09. The number of carbonyl (C=O) groups is 2. The topological polar surface area (TPSA) is 148 Å². The van der Waals surface area contributed by atoms with Gasteiger partial charge in [-0.3, -0.25) is 9.80 Å². The first kappa shape index (κ1) is 47.4. The van der Waals surface area contributed by atoms with E-state index in [-0.39, 0.29) is 31.7 Å². The molecule has 6 heterocycles. The largest absolute Gasteiger partial charge is 0.401 e. The van der Waals surface area contributed by atoms with Crippen LogP contribution in [-0.4, -0.2) is 144 Å². The lowest BCUT2D eigenvalue weighted by atomic mass is 10.0. The minimum atomic E-state index is -4.33. The molecular weight excluding hydrogens is 878 g/mol. The van der Waals surface area contributed by atoms with Crippen LogP contribution >= 0.6 is 0 Å². The van der Waals surface area contributed by atoms with Crippen molar-refractivity contribution < 1.29 is 32.2 Å². The number of morpholine rings is 2. The lowest BCUT2D eigenvalue weighted by Gasteiger charge is -2.39. The van der Waals surface area contributed by atoms with Crippen molar-refractivity contribution in [2.75, 3.05) is 98.9 Å². The molecular formula is C49H63F3N12O4. The summed E-state index contributed by atoms with van der Waals surface area (Å²) in [6.45, 7) is 14.2. The third kappa shape index (κ3) is 10.6. The minimum Gasteiger partial charge on any atom is -0.377 e. The highest BCUT2D eigenvalue weighted by molar-refractivity contribution is 5.98. The quantitative estimate of drug-likeness (QED) is 0.139. The highest BCUT2D eigenvalue weighted by Crippen LogP contribution is 2.36. The third-order valence-electron chi connectivity index (χ3n) is 13.5. The van der Waals surface area contributed by atoms with Gasteiger partial charge in [-0.2, -0.15) is 18.2 Å². The summed E-state index contributed by atoms with van der Waals surface area (Å²) in [5.74, 6) is 3.48. The highest BCUT2D eigenvalue weighted by atomic mass is 19.4. The number of nitrogens with one attached hydrogen (secondary N) is 2. The lowest BCUT2D eigenvalue weighted by Crippen LogP contribution is -2.55. The Kier molecular flexibility index (Phi) is 14.3. The predicted octanol–water partition coefficient (Wildman–Crippen LogP) is 7.13. The van der Waals surface area contributed by atoms with E-state index in [4.69, 9.17) is 29.4 Å². The summed E-state index contributed by atoms with van der Waals surface area (Å²) in [6, 6.07) is 13.7. The second-order valence-electron chi connectivity index (χ2n) is 18.5. The van der Waals surface area contributed by atoms with Crippen molar-refractivity contribution in [3.05, 3.63) is 71.0 Å². The molecule has 19 heteroatoms. The van der Waals surface area contributed by atoms with E-state index in [0.717, 1.165) is 73.4 Å². The van der Waals surface area contributed by atoms with Crippen molar-refractivity contribution in [1.82, 2.24) is 40.1 Å². The van der Waals surface area contributed by atoms with Gasteiger partial charge in [-0.25, -0.2) is 34.5 Å². The second kappa shape index (κ2) is 20.5. The van der Waals surface area contributed by atoms with E-state index in [9.17, 15) is 22.8 Å². The van der Waals surface area contributed by atoms with Crippen LogP contribution in [0.1, 0.15) is 69.5 Å². The molecule has 16 nitrogen and oxygen atoms in total. The normalized spacial score (nSPS) is 20.1. The maximum atomic E-state index is 14.2. The van der Waals surface area contributed by atoms with Crippen LogP contribution in [0.25, 0.3) is 22.8 Å². The molecule has 4 aromatic rings. The second-order valence-corrected chi connectivity index (χ2v) is 18.5. The maximum absolute atomic E-state index is 14.2. The number of rotatable bonds is 12. The van der Waals surface area contributed by atoms with Crippen LogP contribution < -0.4 is 25.4 Å². The van der Waals surface area contributed by atoms with Crippen molar-refractivity contribution in [3.8, 4) is 22.8 Å². The van der Waals surface area contributed by atoms with Crippen molar-refractivity contribution in [2.45, 2.75) is 91.1 Å². The van der Waals surface area contributed by atoms with Gasteiger partial charge in [0.1, 0.15) is 11.6 Å². The molecule has 364 valence electrons. The number of anilines is 4. The molecule has 2 aromatic carbocycles. The number of hydrogen-bond donors (Lipinski definition) is 2. The fraction of sp³-hybridized carbons (Fsp3) is 0.551. The summed E-state index contributed by atoms with van der Waals surface area (Å²) < 4.78 is 52.0. The van der Waals surface area contributed by atoms with Crippen LogP contribution in [-0.2, 0) is 35.4 Å². The smallest absolute Gasteiger partial charge is 0.377 e. The maximum Gasteiger partial charge on any atom is 0.401 e. The molecule has 4 aliphatic heterocycles. The molecule has 2 saturated heterocycles. The summed E-state index contributed by atoms with van der Waals surface area (Å²) in [4.78, 5) is 56.7. The molecule has 1 saturated carbocycles. The van der Waals surface area contributed by atoms with Gasteiger partial charge in [-0.1, -0.05) is 6.92 Å². The Morgan fingerprint density at radius 2 is 1.34 bits per heavy atom. The van der Waals surface area contributed by atoms with Crippen LogP contribution in [0.3, 0.4) is 0 Å². The molecule has 0 spiro atoms. The molecule has 3 fully saturated rings. The monoisotopic (exact) mass is 941 g/mol. The molecule has 2 N–H and O–H groups in total. The molecule has 1 aliphatic carbocycles. The number of hydrogen-bond acceptors (Lipinski definition) is 12. The van der Waals surface area contributed by atoms with Gasteiger partial charge < -0.3 is 29.9 Å². The van der Waals surface area contributed by atoms with Crippen molar-refractivity contribution in [2.24, 2.45) is 5.92 Å². The molecule has 0 bridgehead atoms. The zero-order chi connectivity index (χ0) is 47.5. The Hall–Kier alpha value is -5.63. The van der Waals surface area contributed by atoms with Crippen LogP contribution in [0.2, 0.25) is 0 Å². The van der Waals surface area contributed by atoms with E-state index in [2.05, 4.69) is 39.2 Å². The van der Waals surface area contributed by atoms with E-state index in [1.165, 1.54) is 33.3 Å². The number of alkyl halides is 3. The number of halogens is 3. The van der Waals surface area contributed by atoms with Gasteiger partial charge in [0.15, 0.2) is 11.6 Å². The molecule has 0 radical (unpaired) electrons. The Morgan fingerprint density at radius 3 is 1.93 bits per heavy atom. The fourth-order valence-corrected chi connectivity index (χ4v) is 9.80. The number of amides is 4. The minimum absolute atomic E-state index is 0.0561. The van der Waals surface area contributed by atoms with Gasteiger partial charge in [0, 0.05) is 86.8 Å². The van der Waals surface area contributed by atoms with E-state index in [0.29, 0.717) is 80.2 Å². The highest BCUT2D eigenvalue weighted by Gasteiger charge is 2.36. The molecule has 5 aliphatic rings. The Bertz CT molecular complexity index is 2420. The molecule has 4 amide bonds. The van der Waals surface area contributed by atoms with E-state index in [1.807, 2.05) is 31.2 Å². The standard InChI is InChI=1S/C49H63F3N12O4/c1-5-37-30-68-25-23-62(37)46-40-19-21-60(31-49(50,51)52)28-42(40)56-43(58-46)34-10-14-36(15-11-34)54-48(66)63(7-3)64(47(65)53-6-2)38-16-12-35(13-17-38)44-55-41-27-59(26-33-8-9-33)20-18-39(41)45(57-44)61-22-24-67-29-32(61)4/h10-17,32-33,37H,5-9,18-31H2,1-4H3,(H,53,65)(H,54,66). The first-order valence-electron chi connectivity index (χ1n) is 24.3. The van der Waals surface area contributed by atoms with E-state index < -0.39 is 24.8 Å². The molecule has 68 heavy (non-hydrogen) atoms. The van der Waals surface area contributed by atoms with E-state index in [1.54, 1.807) is 31.2 Å². The molecule has 2 atom stereocenters. The zero-order valence-corrected chi connectivity index (χ0v) is 39.5. The first-order chi connectivity index (χ1) is 32.9. The van der Waals surface area contributed by atoms with Gasteiger partial charge in [-0.05, 0) is 107 Å². The first-order valence-corrected chi connectivity index (χ1v) is 24.3. The van der Waals surface area contributed by atoms with Gasteiger partial charge in [0.05, 0.1) is 62.1 Å². The summed E-state index contributed by atoms with van der Waals surface area (Å²) in [7, 11) is 0. The zero-order valence-electron chi connectivity index (χ0n) is 39.5. The van der Waals surface area contributed by atoms with Crippen molar-refractivity contribution in [3.63, 3.8) is 0 Å². The van der Waals surface area contributed by atoms with Crippen molar-refractivity contribution in [1.29, 1.82) is 0 Å². The fourth-order valence-electron chi connectivity index (χ4n) is 9.80. The van der Waals surface area contributed by atoms with Gasteiger partial charge in [0.25, 0.3) is 0 Å². The SMILES string of the molecule is CCNC(=O)N(c1ccc(-c2nc3c(c(N4CCOCC4C)n2)CCN(CC2CC2)C3)cc1)N(CC)C(=O)Nc1ccc(-c2nc3c(c(N4CCOCC4CC)n2)CCN(CC(F)(F)F)C3)cc1. The summed E-state index contributed by atoms with van der Waals surface area (Å²) in [6.07, 6.45) is 0.386. The average Bonchev–Trinajstić information content (AvgIpc) is 4.16. The van der Waals surface area contributed by atoms with Crippen molar-refractivity contribution >= 4 is 35.1 Å². The third-order valence-corrected chi connectivity index (χ3v) is 13.5. The number of fused-ring (bicyclic) bond motifs is 2. The summed E-state index contributed by atoms with van der Waals surface area (Å²) >= 11 is 0. The Balaban J connectivity index is 0.955. The van der Waals surface area contributed by atoms with Crippen LogP contribution in [0.5, 0.6) is 0 Å². The number of urea groups is 2. The van der Waals surface area contributed by atoms with Gasteiger partial charge in [-0.15, -0.1) is 0 Å². The lowest BCUT2D eigenvalue weighted by molar-refractivity contribution is -0.147.